The van der Waals surface area contributed by atoms with Gasteiger partial charge in [-0.15, -0.1) is 0 Å². The Morgan fingerprint density at radius 3 is 2.39 bits per heavy atom. The standard InChI is InChI=1S/C11H18N4O2S/c1-12-11-4-3-10(9-13-11)18(16,17)15-7-5-14(2)6-8-15/h3-4,9H,5-8H2,1-2H3,(H,12,13). The zero-order chi connectivity index (χ0) is 13.2. The van der Waals surface area contributed by atoms with E-state index in [1.807, 2.05) is 7.05 Å². The van der Waals surface area contributed by atoms with Crippen LogP contribution in [0.1, 0.15) is 0 Å². The van der Waals surface area contributed by atoms with Gasteiger partial charge in [-0.25, -0.2) is 13.4 Å². The summed E-state index contributed by atoms with van der Waals surface area (Å²) in [5.74, 6) is 0.660. The van der Waals surface area contributed by atoms with Gasteiger partial charge in [0.2, 0.25) is 10.0 Å². The zero-order valence-electron chi connectivity index (χ0n) is 10.6. The first kappa shape index (κ1) is 13.3. The van der Waals surface area contributed by atoms with E-state index in [0.29, 0.717) is 18.9 Å². The molecule has 0 saturated carbocycles. The van der Waals surface area contributed by atoms with E-state index in [1.54, 1.807) is 19.2 Å². The van der Waals surface area contributed by atoms with Gasteiger partial charge in [-0.1, -0.05) is 0 Å². The first-order valence-corrected chi connectivity index (χ1v) is 7.30. The highest BCUT2D eigenvalue weighted by atomic mass is 32.2. The fourth-order valence-electron chi connectivity index (χ4n) is 1.86. The number of nitrogens with one attached hydrogen (secondary N) is 1. The molecule has 0 amide bonds. The average molecular weight is 270 g/mol. The van der Waals surface area contributed by atoms with Gasteiger partial charge in [0.15, 0.2) is 0 Å². The van der Waals surface area contributed by atoms with E-state index in [1.165, 1.54) is 10.5 Å². The quantitative estimate of drug-likeness (QED) is 0.841. The third kappa shape index (κ3) is 2.63. The van der Waals surface area contributed by atoms with Gasteiger partial charge < -0.3 is 10.2 Å². The lowest BCUT2D eigenvalue weighted by atomic mass is 10.4. The molecule has 0 bridgehead atoms. The predicted molar refractivity (Wildman–Crippen MR) is 70.0 cm³/mol. The number of piperazine rings is 1. The van der Waals surface area contributed by atoms with E-state index in [4.69, 9.17) is 0 Å². The molecule has 6 nitrogen and oxygen atoms in total. The van der Waals surface area contributed by atoms with Gasteiger partial charge in [-0.05, 0) is 19.2 Å². The van der Waals surface area contributed by atoms with E-state index >= 15 is 0 Å². The number of likely N-dealkylation sites (N-methyl/N-ethyl adjacent to an activating group) is 1. The van der Waals surface area contributed by atoms with Crippen molar-refractivity contribution in [2.24, 2.45) is 0 Å². The molecular formula is C11H18N4O2S. The summed E-state index contributed by atoms with van der Waals surface area (Å²) in [5, 5.41) is 2.86. The van der Waals surface area contributed by atoms with Crippen molar-refractivity contribution in [3.05, 3.63) is 18.3 Å². The Labute approximate surface area is 108 Å². The van der Waals surface area contributed by atoms with Gasteiger partial charge in [-0.3, -0.25) is 0 Å². The number of sulfonamides is 1. The molecule has 0 unspecified atom stereocenters. The summed E-state index contributed by atoms with van der Waals surface area (Å²) in [6.07, 6.45) is 1.40. The molecule has 1 fully saturated rings. The largest absolute Gasteiger partial charge is 0.373 e. The van der Waals surface area contributed by atoms with Crippen molar-refractivity contribution in [2.75, 3.05) is 45.6 Å². The van der Waals surface area contributed by atoms with Crippen LogP contribution >= 0.6 is 0 Å². The van der Waals surface area contributed by atoms with E-state index in [9.17, 15) is 8.42 Å². The summed E-state index contributed by atoms with van der Waals surface area (Å²) in [4.78, 5) is 6.42. The molecule has 1 N–H and O–H groups in total. The van der Waals surface area contributed by atoms with Crippen molar-refractivity contribution >= 4 is 15.8 Å². The second kappa shape index (κ2) is 5.21. The number of hydrogen-bond acceptors (Lipinski definition) is 5. The van der Waals surface area contributed by atoms with Crippen LogP contribution in [0.25, 0.3) is 0 Å². The van der Waals surface area contributed by atoms with Crippen molar-refractivity contribution in [2.45, 2.75) is 4.90 Å². The first-order valence-electron chi connectivity index (χ1n) is 5.86. The molecule has 1 aromatic heterocycles. The minimum Gasteiger partial charge on any atom is -0.373 e. The smallest absolute Gasteiger partial charge is 0.244 e. The van der Waals surface area contributed by atoms with Crippen molar-refractivity contribution in [1.82, 2.24) is 14.2 Å². The number of nitrogens with zero attached hydrogens (tertiary/aromatic N) is 3. The van der Waals surface area contributed by atoms with Gasteiger partial charge >= 0.3 is 0 Å². The van der Waals surface area contributed by atoms with Crippen LogP contribution in [0.15, 0.2) is 23.2 Å². The molecule has 0 aromatic carbocycles. The number of hydrogen-bond donors (Lipinski definition) is 1. The molecule has 7 heteroatoms. The van der Waals surface area contributed by atoms with E-state index < -0.39 is 10.0 Å². The summed E-state index contributed by atoms with van der Waals surface area (Å²) in [6, 6.07) is 3.26. The molecule has 0 spiro atoms. The normalized spacial score (nSPS) is 18.8. The van der Waals surface area contributed by atoms with Crippen LogP contribution in [-0.2, 0) is 10.0 Å². The maximum Gasteiger partial charge on any atom is 0.244 e. The van der Waals surface area contributed by atoms with E-state index in [0.717, 1.165) is 13.1 Å². The predicted octanol–water partition coefficient (Wildman–Crippen LogP) is 0.0594. The highest BCUT2D eigenvalue weighted by molar-refractivity contribution is 7.89. The highest BCUT2D eigenvalue weighted by Gasteiger charge is 2.27. The second-order valence-corrected chi connectivity index (χ2v) is 6.27. The number of rotatable bonds is 3. The molecule has 0 aliphatic carbocycles. The lowest BCUT2D eigenvalue weighted by molar-refractivity contribution is 0.222. The Hall–Kier alpha value is -1.18. The molecule has 2 rings (SSSR count). The third-order valence-electron chi connectivity index (χ3n) is 3.09. The molecule has 1 aliphatic heterocycles. The van der Waals surface area contributed by atoms with Crippen molar-refractivity contribution in [3.63, 3.8) is 0 Å². The Kier molecular flexibility index (Phi) is 3.84. The van der Waals surface area contributed by atoms with Gasteiger partial charge in [-0.2, -0.15) is 4.31 Å². The molecule has 0 radical (unpaired) electrons. The third-order valence-corrected chi connectivity index (χ3v) is 4.97. The average Bonchev–Trinajstić information content (AvgIpc) is 2.39. The molecule has 1 aliphatic rings. The van der Waals surface area contributed by atoms with Gasteiger partial charge in [0.05, 0.1) is 0 Å². The zero-order valence-corrected chi connectivity index (χ0v) is 11.4. The van der Waals surface area contributed by atoms with Crippen LogP contribution in [0.5, 0.6) is 0 Å². The fraction of sp³-hybridized carbons (Fsp3) is 0.545. The van der Waals surface area contributed by atoms with Crippen LogP contribution in [0.3, 0.4) is 0 Å². The number of aromatic nitrogens is 1. The molecular weight excluding hydrogens is 252 g/mol. The Morgan fingerprint density at radius 1 is 1.22 bits per heavy atom. The lowest BCUT2D eigenvalue weighted by Gasteiger charge is -2.31. The molecule has 100 valence electrons. The number of pyridine rings is 1. The maximum atomic E-state index is 12.3. The van der Waals surface area contributed by atoms with Crippen molar-refractivity contribution in [3.8, 4) is 0 Å². The van der Waals surface area contributed by atoms with Crippen LogP contribution in [0.2, 0.25) is 0 Å². The summed E-state index contributed by atoms with van der Waals surface area (Å²) in [5.41, 5.74) is 0. The Morgan fingerprint density at radius 2 is 1.89 bits per heavy atom. The number of anilines is 1. The molecule has 18 heavy (non-hydrogen) atoms. The molecule has 0 atom stereocenters. The van der Waals surface area contributed by atoms with E-state index in [-0.39, 0.29) is 4.90 Å². The van der Waals surface area contributed by atoms with Gasteiger partial charge in [0, 0.05) is 39.4 Å². The van der Waals surface area contributed by atoms with Crippen molar-refractivity contribution in [1.29, 1.82) is 0 Å². The summed E-state index contributed by atoms with van der Waals surface area (Å²) >= 11 is 0. The summed E-state index contributed by atoms with van der Waals surface area (Å²) in [6.45, 7) is 2.60. The van der Waals surface area contributed by atoms with Crippen LogP contribution in [0.4, 0.5) is 5.82 Å². The monoisotopic (exact) mass is 270 g/mol. The van der Waals surface area contributed by atoms with Gasteiger partial charge in [0.25, 0.3) is 0 Å². The van der Waals surface area contributed by atoms with Crippen LogP contribution in [0, 0.1) is 0 Å². The highest BCUT2D eigenvalue weighted by Crippen LogP contribution is 2.17. The summed E-state index contributed by atoms with van der Waals surface area (Å²) < 4.78 is 26.2. The van der Waals surface area contributed by atoms with Crippen LogP contribution < -0.4 is 5.32 Å². The van der Waals surface area contributed by atoms with Crippen LogP contribution in [-0.4, -0.2) is 62.9 Å². The maximum absolute atomic E-state index is 12.3. The SMILES string of the molecule is CNc1ccc(S(=O)(=O)N2CCN(C)CC2)cn1. The second-order valence-electron chi connectivity index (χ2n) is 4.34. The van der Waals surface area contributed by atoms with Gasteiger partial charge in [0.1, 0.15) is 10.7 Å². The minimum atomic E-state index is -3.39. The lowest BCUT2D eigenvalue weighted by Crippen LogP contribution is -2.47. The van der Waals surface area contributed by atoms with Crippen molar-refractivity contribution < 1.29 is 8.42 Å². The van der Waals surface area contributed by atoms with E-state index in [2.05, 4.69) is 15.2 Å². The molecule has 1 aromatic rings. The Balaban J connectivity index is 2.19. The molecule has 2 heterocycles. The molecule has 1 saturated heterocycles. The minimum absolute atomic E-state index is 0.256. The summed E-state index contributed by atoms with van der Waals surface area (Å²) in [7, 11) is 0.346. The topological polar surface area (TPSA) is 65.5 Å². The fourth-order valence-corrected chi connectivity index (χ4v) is 3.23. The Bertz CT molecular complexity index is 492. The first-order chi connectivity index (χ1) is 8.54.